The molecule has 1 fully saturated rings. The van der Waals surface area contributed by atoms with Gasteiger partial charge in [0.2, 0.25) is 21.8 Å². The van der Waals surface area contributed by atoms with Crippen LogP contribution >= 0.6 is 23.2 Å². The highest BCUT2D eigenvalue weighted by Crippen LogP contribution is 2.28. The van der Waals surface area contributed by atoms with Crippen LogP contribution in [0.1, 0.15) is 57.4 Å². The van der Waals surface area contributed by atoms with Crippen molar-refractivity contribution < 1.29 is 18.0 Å². The number of carbonyl (C=O) groups excluding carboxylic acids is 2. The van der Waals surface area contributed by atoms with Gasteiger partial charge in [-0.25, -0.2) is 8.42 Å². The molecule has 0 saturated heterocycles. The fourth-order valence-electron chi connectivity index (χ4n) is 4.74. The lowest BCUT2D eigenvalue weighted by molar-refractivity contribution is -0.141. The predicted octanol–water partition coefficient (Wildman–Crippen LogP) is 5.41. The maximum atomic E-state index is 13.6. The van der Waals surface area contributed by atoms with Crippen molar-refractivity contribution in [1.29, 1.82) is 0 Å². The Balaban J connectivity index is 1.79. The van der Waals surface area contributed by atoms with E-state index < -0.39 is 16.1 Å². The van der Waals surface area contributed by atoms with Crippen LogP contribution < -0.4 is 9.62 Å². The molecule has 2 amide bonds. The number of anilines is 1. The van der Waals surface area contributed by atoms with Crippen LogP contribution in [0.2, 0.25) is 10.0 Å². The van der Waals surface area contributed by atoms with Crippen molar-refractivity contribution in [3.05, 3.63) is 64.1 Å². The van der Waals surface area contributed by atoms with E-state index in [0.29, 0.717) is 27.7 Å². The van der Waals surface area contributed by atoms with E-state index in [4.69, 9.17) is 23.2 Å². The second kappa shape index (κ2) is 13.5. The number of carbonyl (C=O) groups is 2. The van der Waals surface area contributed by atoms with Crippen molar-refractivity contribution in [3.63, 3.8) is 0 Å². The van der Waals surface area contributed by atoms with Gasteiger partial charge in [-0.3, -0.25) is 13.9 Å². The van der Waals surface area contributed by atoms with E-state index in [2.05, 4.69) is 5.32 Å². The Morgan fingerprint density at radius 1 is 1.03 bits per heavy atom. The number of hydrogen-bond acceptors (Lipinski definition) is 4. The molecule has 10 heteroatoms. The number of sulfonamides is 1. The number of nitrogens with one attached hydrogen (secondary N) is 1. The minimum atomic E-state index is -3.53. The highest BCUT2D eigenvalue weighted by molar-refractivity contribution is 7.92. The van der Waals surface area contributed by atoms with Crippen LogP contribution in [0.4, 0.5) is 5.69 Å². The third-order valence-corrected chi connectivity index (χ3v) is 8.58. The van der Waals surface area contributed by atoms with E-state index in [1.165, 1.54) is 9.21 Å². The molecule has 1 unspecified atom stereocenters. The highest BCUT2D eigenvalue weighted by Gasteiger charge is 2.31. The zero-order chi connectivity index (χ0) is 27.0. The summed E-state index contributed by atoms with van der Waals surface area (Å²) < 4.78 is 26.1. The monoisotopic (exact) mass is 567 g/mol. The van der Waals surface area contributed by atoms with Gasteiger partial charge in [0.25, 0.3) is 0 Å². The van der Waals surface area contributed by atoms with Crippen molar-refractivity contribution in [3.8, 4) is 0 Å². The normalized spacial score (nSPS) is 14.8. The number of hydrogen-bond donors (Lipinski definition) is 1. The zero-order valence-electron chi connectivity index (χ0n) is 21.3. The van der Waals surface area contributed by atoms with Gasteiger partial charge in [0.1, 0.15) is 6.04 Å². The average Bonchev–Trinajstić information content (AvgIpc) is 3.36. The first-order valence-electron chi connectivity index (χ1n) is 12.7. The van der Waals surface area contributed by atoms with Crippen LogP contribution in [0.15, 0.2) is 48.5 Å². The predicted molar refractivity (Wildman–Crippen MR) is 149 cm³/mol. The summed E-state index contributed by atoms with van der Waals surface area (Å²) in [5, 5.41) is 3.95. The molecule has 1 aliphatic rings. The molecule has 1 aliphatic carbocycles. The van der Waals surface area contributed by atoms with Crippen LogP contribution in [0, 0.1) is 0 Å². The molecular formula is C27H35Cl2N3O4S. The zero-order valence-corrected chi connectivity index (χ0v) is 23.7. The maximum absolute atomic E-state index is 13.6. The van der Waals surface area contributed by atoms with E-state index in [0.717, 1.165) is 31.9 Å². The first kappa shape index (κ1) is 29.3. The molecule has 0 aliphatic heterocycles. The molecule has 37 heavy (non-hydrogen) atoms. The van der Waals surface area contributed by atoms with Gasteiger partial charge in [-0.1, -0.05) is 67.2 Å². The fourth-order valence-corrected chi connectivity index (χ4v) is 6.22. The van der Waals surface area contributed by atoms with Gasteiger partial charge >= 0.3 is 0 Å². The third-order valence-electron chi connectivity index (χ3n) is 6.67. The summed E-state index contributed by atoms with van der Waals surface area (Å²) in [5.74, 6) is -0.445. The number of rotatable bonds is 12. The number of halogens is 2. The smallest absolute Gasteiger partial charge is 0.243 e. The Kier molecular flexibility index (Phi) is 10.7. The van der Waals surface area contributed by atoms with Crippen LogP contribution in [0.5, 0.6) is 0 Å². The summed E-state index contributed by atoms with van der Waals surface area (Å²) in [5.41, 5.74) is 1.12. The highest BCUT2D eigenvalue weighted by atomic mass is 35.5. The molecular weight excluding hydrogens is 533 g/mol. The van der Waals surface area contributed by atoms with E-state index in [-0.39, 0.29) is 43.8 Å². The molecule has 7 nitrogen and oxygen atoms in total. The lowest BCUT2D eigenvalue weighted by Gasteiger charge is -2.32. The van der Waals surface area contributed by atoms with E-state index in [1.807, 2.05) is 13.0 Å². The third kappa shape index (κ3) is 8.09. The SMILES string of the molecule is CCC(C(=O)NC1CCCC1)N(Cc1c(Cl)cccc1Cl)C(=O)CCCN(c1ccccc1)S(C)(=O)=O. The molecule has 1 N–H and O–H groups in total. The average molecular weight is 569 g/mol. The van der Waals surface area contributed by atoms with E-state index in [9.17, 15) is 18.0 Å². The Labute approximate surface area is 230 Å². The van der Waals surface area contributed by atoms with Crippen molar-refractivity contribution in [1.82, 2.24) is 10.2 Å². The maximum Gasteiger partial charge on any atom is 0.243 e. The lowest BCUT2D eigenvalue weighted by atomic mass is 10.1. The second-order valence-corrected chi connectivity index (χ2v) is 12.1. The van der Waals surface area contributed by atoms with Crippen LogP contribution in [-0.2, 0) is 26.2 Å². The number of benzene rings is 2. The summed E-state index contributed by atoms with van der Waals surface area (Å²) in [6.45, 7) is 2.09. The fraction of sp³-hybridized carbons (Fsp3) is 0.481. The minimum Gasteiger partial charge on any atom is -0.352 e. The van der Waals surface area contributed by atoms with Gasteiger partial charge in [-0.05, 0) is 49.9 Å². The van der Waals surface area contributed by atoms with Crippen molar-refractivity contribution in [2.24, 2.45) is 0 Å². The summed E-state index contributed by atoms with van der Waals surface area (Å²) in [7, 11) is -3.53. The Hall–Kier alpha value is -2.29. The molecule has 1 saturated carbocycles. The Morgan fingerprint density at radius 3 is 2.22 bits per heavy atom. The minimum absolute atomic E-state index is 0.0636. The molecule has 3 rings (SSSR count). The largest absolute Gasteiger partial charge is 0.352 e. The van der Waals surface area contributed by atoms with Gasteiger partial charge in [-0.15, -0.1) is 0 Å². The molecule has 202 valence electrons. The van der Waals surface area contributed by atoms with Crippen molar-refractivity contribution in [2.45, 2.75) is 70.5 Å². The topological polar surface area (TPSA) is 86.8 Å². The summed E-state index contributed by atoms with van der Waals surface area (Å²) in [6, 6.07) is 13.3. The van der Waals surface area contributed by atoms with Gasteiger partial charge in [0, 0.05) is 41.2 Å². The van der Waals surface area contributed by atoms with Crippen LogP contribution in [0.3, 0.4) is 0 Å². The van der Waals surface area contributed by atoms with Gasteiger partial charge in [0.15, 0.2) is 0 Å². The Morgan fingerprint density at radius 2 is 1.65 bits per heavy atom. The Bertz CT molecular complexity index is 1150. The molecule has 0 radical (unpaired) electrons. The van der Waals surface area contributed by atoms with E-state index in [1.54, 1.807) is 42.5 Å². The molecule has 2 aromatic carbocycles. The number of nitrogens with zero attached hydrogens (tertiary/aromatic N) is 2. The standard InChI is InChI=1S/C27H35Cl2N3O4S/c1-3-25(27(34)30-20-11-7-8-12-20)31(19-22-23(28)15-9-16-24(22)29)26(33)17-10-18-32(37(2,35)36)21-13-5-4-6-14-21/h4-6,9,13-16,20,25H,3,7-8,10-12,17-19H2,1-2H3,(H,30,34). The molecule has 0 spiro atoms. The van der Waals surface area contributed by atoms with Crippen molar-refractivity contribution >= 4 is 50.7 Å². The first-order chi connectivity index (χ1) is 17.6. The first-order valence-corrected chi connectivity index (χ1v) is 15.3. The van der Waals surface area contributed by atoms with Crippen molar-refractivity contribution in [2.75, 3.05) is 17.1 Å². The van der Waals surface area contributed by atoms with Gasteiger partial charge in [0.05, 0.1) is 11.9 Å². The van der Waals surface area contributed by atoms with Crippen LogP contribution in [-0.4, -0.2) is 50.0 Å². The summed E-state index contributed by atoms with van der Waals surface area (Å²) >= 11 is 12.8. The molecule has 0 heterocycles. The molecule has 0 aromatic heterocycles. The second-order valence-electron chi connectivity index (χ2n) is 9.41. The molecule has 2 aromatic rings. The number of para-hydroxylation sites is 1. The number of amides is 2. The van der Waals surface area contributed by atoms with E-state index >= 15 is 0 Å². The quantitative estimate of drug-likeness (QED) is 0.371. The summed E-state index contributed by atoms with van der Waals surface area (Å²) in [6.07, 6.45) is 5.96. The molecule has 1 atom stereocenters. The van der Waals surface area contributed by atoms with Gasteiger partial charge in [-0.2, -0.15) is 0 Å². The summed E-state index contributed by atoms with van der Waals surface area (Å²) in [4.78, 5) is 28.4. The van der Waals surface area contributed by atoms with Crippen LogP contribution in [0.25, 0.3) is 0 Å². The molecule has 0 bridgehead atoms. The van der Waals surface area contributed by atoms with Gasteiger partial charge < -0.3 is 10.2 Å². The lowest BCUT2D eigenvalue weighted by Crippen LogP contribution is -2.51.